The summed E-state index contributed by atoms with van der Waals surface area (Å²) >= 11 is 0. The van der Waals surface area contributed by atoms with Crippen molar-refractivity contribution in [3.63, 3.8) is 0 Å². The molecule has 1 N–H and O–H groups in total. The molecule has 32 heavy (non-hydrogen) atoms. The SMILES string of the molecule is CCCC1CCC(C2CCC(C(=O)O)(c3ccc(-c4ccc(C#N)cc4)cc3)CC2)CC1. The first-order chi connectivity index (χ1) is 15.6. The Balaban J connectivity index is 1.43. The van der Waals surface area contributed by atoms with E-state index in [0.717, 1.165) is 54.2 Å². The molecule has 0 atom stereocenters. The van der Waals surface area contributed by atoms with Gasteiger partial charge in [0.15, 0.2) is 0 Å². The first-order valence-corrected chi connectivity index (χ1v) is 12.4. The minimum atomic E-state index is -0.751. The highest BCUT2D eigenvalue weighted by Crippen LogP contribution is 2.47. The van der Waals surface area contributed by atoms with Gasteiger partial charge in [-0.1, -0.05) is 69.0 Å². The number of nitrogens with zero attached hydrogens (tertiary/aromatic N) is 1. The van der Waals surface area contributed by atoms with Crippen LogP contribution in [0.4, 0.5) is 0 Å². The molecule has 0 bridgehead atoms. The van der Waals surface area contributed by atoms with Crippen molar-refractivity contribution in [2.24, 2.45) is 17.8 Å². The molecule has 0 unspecified atom stereocenters. The van der Waals surface area contributed by atoms with E-state index in [-0.39, 0.29) is 0 Å². The van der Waals surface area contributed by atoms with Crippen LogP contribution >= 0.6 is 0 Å². The van der Waals surface area contributed by atoms with Gasteiger partial charge in [-0.25, -0.2) is 0 Å². The third kappa shape index (κ3) is 4.60. The Morgan fingerprint density at radius 1 is 0.906 bits per heavy atom. The van der Waals surface area contributed by atoms with Gasteiger partial charge in [0.1, 0.15) is 0 Å². The van der Waals surface area contributed by atoms with Gasteiger partial charge in [-0.2, -0.15) is 5.26 Å². The van der Waals surface area contributed by atoms with E-state index in [0.29, 0.717) is 11.5 Å². The van der Waals surface area contributed by atoms with Crippen LogP contribution in [0, 0.1) is 29.1 Å². The summed E-state index contributed by atoms with van der Waals surface area (Å²) in [6.45, 7) is 2.29. The molecule has 2 aromatic rings. The molecule has 0 amide bonds. The van der Waals surface area contributed by atoms with Crippen LogP contribution in [0.5, 0.6) is 0 Å². The van der Waals surface area contributed by atoms with Crippen molar-refractivity contribution in [1.82, 2.24) is 0 Å². The second-order valence-electron chi connectivity index (χ2n) is 10.1. The minimum absolute atomic E-state index is 0.644. The maximum Gasteiger partial charge on any atom is 0.314 e. The Labute approximate surface area is 192 Å². The van der Waals surface area contributed by atoms with Gasteiger partial charge in [0.2, 0.25) is 0 Å². The van der Waals surface area contributed by atoms with E-state index in [9.17, 15) is 9.90 Å². The number of hydrogen-bond donors (Lipinski definition) is 1. The van der Waals surface area contributed by atoms with Crippen molar-refractivity contribution in [1.29, 1.82) is 5.26 Å². The van der Waals surface area contributed by atoms with Gasteiger partial charge < -0.3 is 5.11 Å². The van der Waals surface area contributed by atoms with Crippen LogP contribution in [0.3, 0.4) is 0 Å². The first kappa shape index (κ1) is 22.6. The third-order valence-corrected chi connectivity index (χ3v) is 8.33. The number of hydrogen-bond acceptors (Lipinski definition) is 2. The van der Waals surface area contributed by atoms with E-state index >= 15 is 0 Å². The zero-order chi connectivity index (χ0) is 22.6. The van der Waals surface area contributed by atoms with Crippen molar-refractivity contribution < 1.29 is 9.90 Å². The Morgan fingerprint density at radius 2 is 1.44 bits per heavy atom. The highest BCUT2D eigenvalue weighted by molar-refractivity contribution is 5.82. The maximum absolute atomic E-state index is 12.5. The van der Waals surface area contributed by atoms with Crippen LogP contribution < -0.4 is 0 Å². The van der Waals surface area contributed by atoms with E-state index in [2.05, 4.69) is 13.0 Å². The fourth-order valence-corrected chi connectivity index (χ4v) is 6.31. The van der Waals surface area contributed by atoms with Crippen LogP contribution in [0.2, 0.25) is 0 Å². The van der Waals surface area contributed by atoms with Gasteiger partial charge >= 0.3 is 5.97 Å². The Hall–Kier alpha value is -2.60. The molecule has 0 saturated heterocycles. The topological polar surface area (TPSA) is 61.1 Å². The number of carboxylic acid groups (broad SMARTS) is 1. The third-order valence-electron chi connectivity index (χ3n) is 8.33. The smallest absolute Gasteiger partial charge is 0.314 e. The largest absolute Gasteiger partial charge is 0.481 e. The average Bonchev–Trinajstić information content (AvgIpc) is 2.85. The molecule has 0 heterocycles. The molecule has 2 aliphatic rings. The van der Waals surface area contributed by atoms with E-state index in [1.54, 1.807) is 0 Å². The average molecular weight is 430 g/mol. The van der Waals surface area contributed by atoms with Crippen molar-refractivity contribution in [2.75, 3.05) is 0 Å². The number of carbonyl (C=O) groups is 1. The summed E-state index contributed by atoms with van der Waals surface area (Å²) in [7, 11) is 0. The lowest BCUT2D eigenvalue weighted by molar-refractivity contribution is -0.146. The first-order valence-electron chi connectivity index (χ1n) is 12.4. The monoisotopic (exact) mass is 429 g/mol. The fourth-order valence-electron chi connectivity index (χ4n) is 6.31. The summed E-state index contributed by atoms with van der Waals surface area (Å²) in [4.78, 5) is 12.5. The van der Waals surface area contributed by atoms with Gasteiger partial charge in [-0.15, -0.1) is 0 Å². The summed E-state index contributed by atoms with van der Waals surface area (Å²) in [5, 5.41) is 19.2. The molecular formula is C29H35NO2. The van der Waals surface area contributed by atoms with Crippen LogP contribution in [-0.2, 0) is 10.2 Å². The molecule has 0 radical (unpaired) electrons. The Bertz CT molecular complexity index is 938. The zero-order valence-corrected chi connectivity index (χ0v) is 19.2. The number of benzene rings is 2. The summed E-state index contributed by atoms with van der Waals surface area (Å²) in [6.07, 6.45) is 11.7. The van der Waals surface area contributed by atoms with Gasteiger partial charge in [0.25, 0.3) is 0 Å². The lowest BCUT2D eigenvalue weighted by atomic mass is 9.62. The molecule has 2 aliphatic carbocycles. The number of carboxylic acids is 1. The molecule has 3 heteroatoms. The summed E-state index contributed by atoms with van der Waals surface area (Å²) in [5.41, 5.74) is 2.93. The fraction of sp³-hybridized carbons (Fsp3) is 0.517. The lowest BCUT2D eigenvalue weighted by Crippen LogP contribution is -2.41. The molecule has 4 rings (SSSR count). The standard InChI is InChI=1S/C29H35NO2/c1-2-3-21-4-8-24(9-5-21)26-16-18-29(19-17-26,28(31)32)27-14-12-25(13-15-27)23-10-6-22(20-30)7-11-23/h6-7,10-15,21,24,26H,2-5,8-9,16-19H2,1H3,(H,31,32). The molecule has 2 fully saturated rings. The van der Waals surface area contributed by atoms with E-state index in [4.69, 9.17) is 5.26 Å². The second-order valence-corrected chi connectivity index (χ2v) is 10.1. The minimum Gasteiger partial charge on any atom is -0.481 e. The Morgan fingerprint density at radius 3 is 1.94 bits per heavy atom. The summed E-state index contributed by atoms with van der Waals surface area (Å²) in [5.74, 6) is 1.75. The second kappa shape index (κ2) is 9.90. The predicted octanol–water partition coefficient (Wildman–Crippen LogP) is 7.34. The van der Waals surface area contributed by atoms with Gasteiger partial charge in [0, 0.05) is 0 Å². The quantitative estimate of drug-likeness (QED) is 0.522. The van der Waals surface area contributed by atoms with Gasteiger partial charge in [-0.05, 0) is 85.1 Å². The van der Waals surface area contributed by atoms with Crippen molar-refractivity contribution in [3.8, 4) is 17.2 Å². The Kier molecular flexibility index (Phi) is 6.99. The molecule has 168 valence electrons. The van der Waals surface area contributed by atoms with Crippen LogP contribution in [0.15, 0.2) is 48.5 Å². The van der Waals surface area contributed by atoms with Gasteiger partial charge in [-0.3, -0.25) is 4.79 Å². The molecular weight excluding hydrogens is 394 g/mol. The zero-order valence-electron chi connectivity index (χ0n) is 19.2. The van der Waals surface area contributed by atoms with E-state index in [1.807, 2.05) is 48.5 Å². The molecule has 0 aromatic heterocycles. The van der Waals surface area contributed by atoms with Crippen molar-refractivity contribution in [2.45, 2.75) is 76.5 Å². The summed E-state index contributed by atoms with van der Waals surface area (Å²) < 4.78 is 0. The number of rotatable bonds is 6. The molecule has 3 nitrogen and oxygen atoms in total. The van der Waals surface area contributed by atoms with E-state index < -0.39 is 11.4 Å². The number of nitriles is 1. The highest BCUT2D eigenvalue weighted by atomic mass is 16.4. The van der Waals surface area contributed by atoms with Gasteiger partial charge in [0.05, 0.1) is 17.0 Å². The molecule has 2 aromatic carbocycles. The van der Waals surface area contributed by atoms with Crippen LogP contribution in [0.25, 0.3) is 11.1 Å². The summed E-state index contributed by atoms with van der Waals surface area (Å²) in [6, 6.07) is 17.8. The lowest BCUT2D eigenvalue weighted by Gasteiger charge is -2.42. The molecule has 2 saturated carbocycles. The molecule has 0 spiro atoms. The highest BCUT2D eigenvalue weighted by Gasteiger charge is 2.45. The molecule has 0 aliphatic heterocycles. The van der Waals surface area contributed by atoms with Crippen molar-refractivity contribution in [3.05, 3.63) is 59.7 Å². The van der Waals surface area contributed by atoms with Crippen molar-refractivity contribution >= 4 is 5.97 Å². The number of aliphatic carboxylic acids is 1. The normalized spacial score (nSPS) is 28.1. The van der Waals surface area contributed by atoms with Crippen LogP contribution in [-0.4, -0.2) is 11.1 Å². The van der Waals surface area contributed by atoms with Crippen LogP contribution in [0.1, 0.15) is 82.3 Å². The van der Waals surface area contributed by atoms with E-state index in [1.165, 1.54) is 38.5 Å². The predicted molar refractivity (Wildman–Crippen MR) is 128 cm³/mol. The maximum atomic E-state index is 12.5.